The number of amides is 1. The first-order valence-corrected chi connectivity index (χ1v) is 7.04. The van der Waals surface area contributed by atoms with Crippen LogP contribution >= 0.6 is 0 Å². The molecule has 1 aromatic rings. The zero-order valence-electron chi connectivity index (χ0n) is 11.1. The molecule has 1 aromatic carbocycles. The summed E-state index contributed by atoms with van der Waals surface area (Å²) in [6.07, 6.45) is 6.24. The van der Waals surface area contributed by atoms with Gasteiger partial charge in [-0.3, -0.25) is 9.63 Å². The third-order valence-corrected chi connectivity index (χ3v) is 4.19. The van der Waals surface area contributed by atoms with E-state index in [1.54, 1.807) is 0 Å². The standard InChI is InChI=1S/C15H20N2O2/c16-15(9-2-1-3-10-15)12-4-6-13(7-5-12)17-14(18)8-11-19-17/h4-7H,1-3,8-11,16H2. The minimum absolute atomic E-state index is 0.0212. The van der Waals surface area contributed by atoms with Crippen molar-refractivity contribution in [1.29, 1.82) is 0 Å². The van der Waals surface area contributed by atoms with Crippen LogP contribution in [-0.2, 0) is 15.2 Å². The molecule has 19 heavy (non-hydrogen) atoms. The van der Waals surface area contributed by atoms with Crippen molar-refractivity contribution in [1.82, 2.24) is 0 Å². The first-order valence-electron chi connectivity index (χ1n) is 7.04. The normalized spacial score (nSPS) is 22.8. The van der Waals surface area contributed by atoms with Gasteiger partial charge in [-0.15, -0.1) is 0 Å². The lowest BCUT2D eigenvalue weighted by molar-refractivity contribution is -0.119. The smallest absolute Gasteiger partial charge is 0.253 e. The number of hydroxylamine groups is 1. The van der Waals surface area contributed by atoms with E-state index >= 15 is 0 Å². The molecule has 2 N–H and O–H groups in total. The van der Waals surface area contributed by atoms with Crippen LogP contribution in [0.3, 0.4) is 0 Å². The summed E-state index contributed by atoms with van der Waals surface area (Å²) in [5.41, 5.74) is 8.28. The number of benzene rings is 1. The summed E-state index contributed by atoms with van der Waals surface area (Å²) in [4.78, 5) is 16.9. The van der Waals surface area contributed by atoms with Gasteiger partial charge in [-0.2, -0.15) is 5.06 Å². The second-order valence-corrected chi connectivity index (χ2v) is 5.54. The number of anilines is 1. The molecule has 3 rings (SSSR count). The molecule has 0 bridgehead atoms. The highest BCUT2D eigenvalue weighted by atomic mass is 16.7. The maximum atomic E-state index is 11.6. The van der Waals surface area contributed by atoms with Crippen molar-refractivity contribution in [3.8, 4) is 0 Å². The summed E-state index contributed by atoms with van der Waals surface area (Å²) in [6.45, 7) is 0.474. The first kappa shape index (κ1) is 12.6. The zero-order chi connectivity index (χ0) is 13.3. The van der Waals surface area contributed by atoms with Crippen molar-refractivity contribution in [2.24, 2.45) is 5.73 Å². The highest BCUT2D eigenvalue weighted by molar-refractivity contribution is 5.92. The molecule has 0 atom stereocenters. The molecule has 102 valence electrons. The van der Waals surface area contributed by atoms with E-state index in [9.17, 15) is 4.79 Å². The van der Waals surface area contributed by atoms with Gasteiger partial charge < -0.3 is 5.73 Å². The third-order valence-electron chi connectivity index (χ3n) is 4.19. The lowest BCUT2D eigenvalue weighted by Gasteiger charge is -2.34. The van der Waals surface area contributed by atoms with E-state index in [1.807, 2.05) is 24.3 Å². The van der Waals surface area contributed by atoms with E-state index in [-0.39, 0.29) is 11.4 Å². The van der Waals surface area contributed by atoms with Crippen molar-refractivity contribution in [2.45, 2.75) is 44.1 Å². The molecule has 2 aliphatic rings. The molecule has 0 spiro atoms. The number of carbonyl (C=O) groups excluding carboxylic acids is 1. The van der Waals surface area contributed by atoms with E-state index in [1.165, 1.54) is 29.9 Å². The second-order valence-electron chi connectivity index (χ2n) is 5.54. The summed E-state index contributed by atoms with van der Waals surface area (Å²) in [7, 11) is 0. The minimum atomic E-state index is -0.188. The molecular formula is C15H20N2O2. The molecule has 0 radical (unpaired) electrons. The predicted molar refractivity (Wildman–Crippen MR) is 73.4 cm³/mol. The number of hydrogen-bond donors (Lipinski definition) is 1. The fourth-order valence-corrected chi connectivity index (χ4v) is 3.02. The molecular weight excluding hydrogens is 240 g/mol. The molecule has 4 heteroatoms. The Morgan fingerprint density at radius 2 is 1.79 bits per heavy atom. The Balaban J connectivity index is 1.80. The lowest BCUT2D eigenvalue weighted by Crippen LogP contribution is -2.38. The molecule has 1 amide bonds. The van der Waals surface area contributed by atoms with Crippen molar-refractivity contribution in [3.63, 3.8) is 0 Å². The van der Waals surface area contributed by atoms with E-state index in [0.717, 1.165) is 18.5 Å². The third kappa shape index (κ3) is 2.38. The molecule has 2 fully saturated rings. The second kappa shape index (κ2) is 4.94. The van der Waals surface area contributed by atoms with E-state index in [0.29, 0.717) is 13.0 Å². The largest absolute Gasteiger partial charge is 0.321 e. The van der Waals surface area contributed by atoms with Gasteiger partial charge in [0.2, 0.25) is 0 Å². The average Bonchev–Trinajstić information content (AvgIpc) is 2.86. The lowest BCUT2D eigenvalue weighted by atomic mass is 9.77. The van der Waals surface area contributed by atoms with Crippen LogP contribution in [0, 0.1) is 0 Å². The van der Waals surface area contributed by atoms with Gasteiger partial charge in [0, 0.05) is 5.54 Å². The minimum Gasteiger partial charge on any atom is -0.321 e. The molecule has 1 heterocycles. The maximum absolute atomic E-state index is 11.6. The summed E-state index contributed by atoms with van der Waals surface area (Å²) >= 11 is 0. The fraction of sp³-hybridized carbons (Fsp3) is 0.533. The van der Waals surface area contributed by atoms with Crippen molar-refractivity contribution >= 4 is 11.6 Å². The molecule has 0 aromatic heterocycles. The topological polar surface area (TPSA) is 55.6 Å². The highest BCUT2D eigenvalue weighted by Crippen LogP contribution is 2.35. The van der Waals surface area contributed by atoms with Gasteiger partial charge in [-0.1, -0.05) is 31.4 Å². The Morgan fingerprint density at radius 3 is 2.37 bits per heavy atom. The van der Waals surface area contributed by atoms with Crippen LogP contribution in [0.2, 0.25) is 0 Å². The number of nitrogens with two attached hydrogens (primary N) is 1. The maximum Gasteiger partial charge on any atom is 0.253 e. The summed E-state index contributed by atoms with van der Waals surface area (Å²) < 4.78 is 0. The Bertz CT molecular complexity index is 464. The van der Waals surface area contributed by atoms with Crippen LogP contribution in [0.25, 0.3) is 0 Å². The van der Waals surface area contributed by atoms with E-state index in [4.69, 9.17) is 10.6 Å². The summed E-state index contributed by atoms with van der Waals surface area (Å²) in [5, 5.41) is 1.38. The van der Waals surface area contributed by atoms with Gasteiger partial charge in [0.1, 0.15) is 0 Å². The van der Waals surface area contributed by atoms with Crippen LogP contribution in [0.4, 0.5) is 5.69 Å². The first-order chi connectivity index (χ1) is 9.19. The molecule has 1 saturated heterocycles. The Labute approximate surface area is 113 Å². The number of nitrogens with zero attached hydrogens (tertiary/aromatic N) is 1. The SMILES string of the molecule is NC1(c2ccc(N3OCCC3=O)cc2)CCCCC1. The Morgan fingerprint density at radius 1 is 1.11 bits per heavy atom. The average molecular weight is 260 g/mol. The summed E-state index contributed by atoms with van der Waals surface area (Å²) in [5.74, 6) is 0.0212. The quantitative estimate of drug-likeness (QED) is 0.888. The number of hydrogen-bond acceptors (Lipinski definition) is 3. The molecule has 4 nitrogen and oxygen atoms in total. The van der Waals surface area contributed by atoms with Crippen LogP contribution in [0.15, 0.2) is 24.3 Å². The van der Waals surface area contributed by atoms with Gasteiger partial charge in [0.15, 0.2) is 0 Å². The summed E-state index contributed by atoms with van der Waals surface area (Å²) in [6, 6.07) is 7.94. The van der Waals surface area contributed by atoms with Crippen molar-refractivity contribution in [3.05, 3.63) is 29.8 Å². The molecule has 1 aliphatic carbocycles. The Kier molecular flexibility index (Phi) is 3.29. The fourth-order valence-electron chi connectivity index (χ4n) is 3.02. The van der Waals surface area contributed by atoms with Crippen LogP contribution in [0.5, 0.6) is 0 Å². The predicted octanol–water partition coefficient (Wildman–Crippen LogP) is 2.47. The molecule has 0 unspecified atom stereocenters. The van der Waals surface area contributed by atoms with Gasteiger partial charge in [0.25, 0.3) is 5.91 Å². The Hall–Kier alpha value is -1.39. The zero-order valence-corrected chi connectivity index (χ0v) is 11.1. The number of rotatable bonds is 2. The van der Waals surface area contributed by atoms with Crippen molar-refractivity contribution < 1.29 is 9.63 Å². The van der Waals surface area contributed by atoms with Gasteiger partial charge in [-0.05, 0) is 30.5 Å². The van der Waals surface area contributed by atoms with Crippen LogP contribution in [-0.4, -0.2) is 12.5 Å². The van der Waals surface area contributed by atoms with Crippen molar-refractivity contribution in [2.75, 3.05) is 11.7 Å². The number of carbonyl (C=O) groups is 1. The van der Waals surface area contributed by atoms with E-state index in [2.05, 4.69) is 0 Å². The van der Waals surface area contributed by atoms with Crippen LogP contribution < -0.4 is 10.8 Å². The van der Waals surface area contributed by atoms with Gasteiger partial charge in [0.05, 0.1) is 18.7 Å². The van der Waals surface area contributed by atoms with Gasteiger partial charge >= 0.3 is 0 Å². The molecule has 1 aliphatic heterocycles. The van der Waals surface area contributed by atoms with E-state index < -0.39 is 0 Å². The van der Waals surface area contributed by atoms with Crippen LogP contribution in [0.1, 0.15) is 44.1 Å². The molecule has 1 saturated carbocycles. The van der Waals surface area contributed by atoms with Gasteiger partial charge in [-0.25, -0.2) is 0 Å². The monoisotopic (exact) mass is 260 g/mol. The highest BCUT2D eigenvalue weighted by Gasteiger charge is 2.30.